The van der Waals surface area contributed by atoms with E-state index in [-0.39, 0.29) is 17.2 Å². The van der Waals surface area contributed by atoms with Gasteiger partial charge in [-0.1, -0.05) is 20.8 Å². The summed E-state index contributed by atoms with van der Waals surface area (Å²) in [4.78, 5) is 19.5. The average Bonchev–Trinajstić information content (AvgIpc) is 2.70. The van der Waals surface area contributed by atoms with Crippen LogP contribution in [0.25, 0.3) is 0 Å². The molecule has 1 aromatic heterocycles. The van der Waals surface area contributed by atoms with Crippen LogP contribution in [0.2, 0.25) is 0 Å². The minimum absolute atomic E-state index is 0.0989. The molecule has 108 valence electrons. The number of amides is 1. The van der Waals surface area contributed by atoms with Crippen molar-refractivity contribution in [2.75, 3.05) is 13.6 Å². The van der Waals surface area contributed by atoms with Crippen molar-refractivity contribution in [3.05, 3.63) is 16.1 Å². The first-order chi connectivity index (χ1) is 8.74. The molecule has 2 N–H and O–H groups in total. The SMILES string of the molecule is Cc1ncsc1CN(C)C(=O)C(CN)CC(C)(C)C. The van der Waals surface area contributed by atoms with Crippen LogP contribution in [0.1, 0.15) is 37.8 Å². The third kappa shape index (κ3) is 4.91. The Morgan fingerprint density at radius 2 is 2.16 bits per heavy atom. The summed E-state index contributed by atoms with van der Waals surface area (Å²) in [7, 11) is 1.84. The number of nitrogens with zero attached hydrogens (tertiary/aromatic N) is 2. The summed E-state index contributed by atoms with van der Waals surface area (Å²) in [6.45, 7) is 9.40. The van der Waals surface area contributed by atoms with Crippen molar-refractivity contribution in [3.63, 3.8) is 0 Å². The van der Waals surface area contributed by atoms with Crippen LogP contribution in [0.3, 0.4) is 0 Å². The zero-order valence-corrected chi connectivity index (χ0v) is 13.4. The molecule has 1 aromatic rings. The zero-order chi connectivity index (χ0) is 14.6. The maximum atomic E-state index is 12.4. The number of nitrogens with two attached hydrogens (primary N) is 1. The lowest BCUT2D eigenvalue weighted by Crippen LogP contribution is -2.38. The van der Waals surface area contributed by atoms with E-state index in [1.165, 1.54) is 0 Å². The van der Waals surface area contributed by atoms with Gasteiger partial charge in [-0.25, -0.2) is 4.98 Å². The van der Waals surface area contributed by atoms with Crippen LogP contribution in [0.5, 0.6) is 0 Å². The van der Waals surface area contributed by atoms with E-state index in [4.69, 9.17) is 5.73 Å². The largest absolute Gasteiger partial charge is 0.340 e. The van der Waals surface area contributed by atoms with Gasteiger partial charge in [-0.05, 0) is 18.8 Å². The highest BCUT2D eigenvalue weighted by Gasteiger charge is 2.26. The number of hydrogen-bond acceptors (Lipinski definition) is 4. The molecule has 1 unspecified atom stereocenters. The Kier molecular flexibility index (Phi) is 5.50. The first kappa shape index (κ1) is 16.1. The van der Waals surface area contributed by atoms with Gasteiger partial charge in [-0.3, -0.25) is 4.79 Å². The van der Waals surface area contributed by atoms with Gasteiger partial charge in [0.15, 0.2) is 0 Å². The zero-order valence-electron chi connectivity index (χ0n) is 12.6. The van der Waals surface area contributed by atoms with E-state index >= 15 is 0 Å². The Balaban J connectivity index is 2.67. The molecule has 0 aromatic carbocycles. The number of rotatable bonds is 5. The van der Waals surface area contributed by atoms with Crippen molar-refractivity contribution >= 4 is 17.2 Å². The first-order valence-corrected chi connectivity index (χ1v) is 7.46. The third-order valence-corrected chi connectivity index (χ3v) is 4.01. The normalized spacial score (nSPS) is 13.4. The van der Waals surface area contributed by atoms with E-state index in [9.17, 15) is 4.79 Å². The molecule has 0 radical (unpaired) electrons. The van der Waals surface area contributed by atoms with Gasteiger partial charge in [0.2, 0.25) is 5.91 Å². The predicted molar refractivity (Wildman–Crippen MR) is 79.9 cm³/mol. The van der Waals surface area contributed by atoms with Crippen LogP contribution in [0.15, 0.2) is 5.51 Å². The molecule has 1 rings (SSSR count). The number of hydrogen-bond donors (Lipinski definition) is 1. The fraction of sp³-hybridized carbons (Fsp3) is 0.714. The molecule has 1 atom stereocenters. The summed E-state index contributed by atoms with van der Waals surface area (Å²) in [5, 5.41) is 0. The molecule has 19 heavy (non-hydrogen) atoms. The number of carbonyl (C=O) groups excluding carboxylic acids is 1. The van der Waals surface area contributed by atoms with E-state index in [0.29, 0.717) is 13.1 Å². The molecule has 0 aliphatic heterocycles. The third-order valence-electron chi connectivity index (χ3n) is 3.09. The van der Waals surface area contributed by atoms with Gasteiger partial charge in [0.1, 0.15) is 0 Å². The molecule has 0 aliphatic rings. The Morgan fingerprint density at radius 1 is 1.53 bits per heavy atom. The lowest BCUT2D eigenvalue weighted by Gasteiger charge is -2.28. The van der Waals surface area contributed by atoms with Crippen LogP contribution in [-0.4, -0.2) is 29.4 Å². The van der Waals surface area contributed by atoms with Crippen LogP contribution in [0.4, 0.5) is 0 Å². The van der Waals surface area contributed by atoms with E-state index in [0.717, 1.165) is 17.0 Å². The van der Waals surface area contributed by atoms with Crippen molar-refractivity contribution in [1.29, 1.82) is 0 Å². The molecule has 0 spiro atoms. The first-order valence-electron chi connectivity index (χ1n) is 6.58. The number of thiazole rings is 1. The van der Waals surface area contributed by atoms with E-state index in [2.05, 4.69) is 25.8 Å². The van der Waals surface area contributed by atoms with Gasteiger partial charge in [-0.15, -0.1) is 11.3 Å². The second kappa shape index (κ2) is 6.48. The minimum atomic E-state index is -0.0989. The monoisotopic (exact) mass is 283 g/mol. The molecule has 1 heterocycles. The second-order valence-electron chi connectivity index (χ2n) is 6.25. The number of aromatic nitrogens is 1. The van der Waals surface area contributed by atoms with Gasteiger partial charge >= 0.3 is 0 Å². The summed E-state index contributed by atoms with van der Waals surface area (Å²) in [5.74, 6) is 0.0310. The lowest BCUT2D eigenvalue weighted by atomic mass is 9.84. The van der Waals surface area contributed by atoms with E-state index < -0.39 is 0 Å². The summed E-state index contributed by atoms with van der Waals surface area (Å²) in [6.07, 6.45) is 0.814. The van der Waals surface area contributed by atoms with Gasteiger partial charge in [-0.2, -0.15) is 0 Å². The van der Waals surface area contributed by atoms with Crippen molar-refractivity contribution in [3.8, 4) is 0 Å². The van der Waals surface area contributed by atoms with Crippen LogP contribution >= 0.6 is 11.3 Å². The average molecular weight is 283 g/mol. The summed E-state index contributed by atoms with van der Waals surface area (Å²) >= 11 is 1.59. The topological polar surface area (TPSA) is 59.2 Å². The molecular formula is C14H25N3OS. The molecule has 4 nitrogen and oxygen atoms in total. The molecule has 5 heteroatoms. The van der Waals surface area contributed by atoms with Crippen molar-refractivity contribution in [2.24, 2.45) is 17.1 Å². The molecule has 0 bridgehead atoms. The highest BCUT2D eigenvalue weighted by Crippen LogP contribution is 2.25. The quantitative estimate of drug-likeness (QED) is 0.903. The molecule has 1 amide bonds. The highest BCUT2D eigenvalue weighted by atomic mass is 32.1. The Bertz CT molecular complexity index is 423. The van der Waals surface area contributed by atoms with Gasteiger partial charge in [0.25, 0.3) is 0 Å². The smallest absolute Gasteiger partial charge is 0.227 e. The fourth-order valence-corrected chi connectivity index (χ4v) is 2.92. The molecule has 0 aliphatic carbocycles. The fourth-order valence-electron chi connectivity index (χ4n) is 2.09. The number of carbonyl (C=O) groups is 1. The van der Waals surface area contributed by atoms with Crippen molar-refractivity contribution in [2.45, 2.75) is 40.7 Å². The molecular weight excluding hydrogens is 258 g/mol. The molecule has 0 fully saturated rings. The standard InChI is InChI=1S/C14H25N3OS/c1-10-12(19-9-16-10)8-17(5)13(18)11(7-15)6-14(2,3)4/h9,11H,6-8,15H2,1-5H3. The highest BCUT2D eigenvalue weighted by molar-refractivity contribution is 7.09. The number of aryl methyl sites for hydroxylation is 1. The summed E-state index contributed by atoms with van der Waals surface area (Å²) < 4.78 is 0. The van der Waals surface area contributed by atoms with Gasteiger partial charge in [0, 0.05) is 18.5 Å². The van der Waals surface area contributed by atoms with Crippen LogP contribution in [-0.2, 0) is 11.3 Å². The maximum Gasteiger partial charge on any atom is 0.227 e. The minimum Gasteiger partial charge on any atom is -0.340 e. The Labute approximate surface area is 120 Å². The summed E-state index contributed by atoms with van der Waals surface area (Å²) in [6, 6.07) is 0. The lowest BCUT2D eigenvalue weighted by molar-refractivity contribution is -0.135. The van der Waals surface area contributed by atoms with Crippen molar-refractivity contribution in [1.82, 2.24) is 9.88 Å². The van der Waals surface area contributed by atoms with E-state index in [1.807, 2.05) is 19.5 Å². The maximum absolute atomic E-state index is 12.4. The van der Waals surface area contributed by atoms with Crippen LogP contribution in [0, 0.1) is 18.3 Å². The molecule has 0 saturated carbocycles. The Hall–Kier alpha value is -0.940. The second-order valence-corrected chi connectivity index (χ2v) is 7.19. The van der Waals surface area contributed by atoms with E-state index in [1.54, 1.807) is 16.2 Å². The summed E-state index contributed by atoms with van der Waals surface area (Å²) in [5.41, 5.74) is 8.70. The van der Waals surface area contributed by atoms with Gasteiger partial charge in [0.05, 0.1) is 23.7 Å². The van der Waals surface area contributed by atoms with Crippen LogP contribution < -0.4 is 5.73 Å². The predicted octanol–water partition coefficient (Wildman–Crippen LogP) is 2.42. The Morgan fingerprint density at radius 3 is 2.58 bits per heavy atom. The van der Waals surface area contributed by atoms with Gasteiger partial charge < -0.3 is 10.6 Å². The van der Waals surface area contributed by atoms with Crippen molar-refractivity contribution < 1.29 is 4.79 Å². The molecule has 0 saturated heterocycles.